The van der Waals surface area contributed by atoms with E-state index in [1.54, 1.807) is 11.3 Å². The quantitative estimate of drug-likeness (QED) is 0.531. The van der Waals surface area contributed by atoms with Gasteiger partial charge in [-0.25, -0.2) is 4.98 Å². The van der Waals surface area contributed by atoms with Crippen LogP contribution in [0.15, 0.2) is 35.8 Å². The molecule has 146 valence electrons. The zero-order chi connectivity index (χ0) is 19.5. The third kappa shape index (κ3) is 4.00. The van der Waals surface area contributed by atoms with Crippen molar-refractivity contribution in [3.63, 3.8) is 0 Å². The number of benzene rings is 1. The van der Waals surface area contributed by atoms with Crippen LogP contribution >= 0.6 is 11.3 Å². The van der Waals surface area contributed by atoms with Crippen LogP contribution < -0.4 is 11.1 Å². The molecule has 3 aromatic rings. The Morgan fingerprint density at radius 2 is 2.21 bits per heavy atom. The molecular weight excluding hydrogens is 372 g/mol. The number of carbonyl (C=O) groups is 2. The minimum absolute atomic E-state index is 0.0921. The summed E-state index contributed by atoms with van der Waals surface area (Å²) in [6.07, 6.45) is 4.74. The smallest absolute Gasteiger partial charge is 0.221 e. The number of amides is 1. The Kier molecular flexibility index (Phi) is 5.54. The number of rotatable bonds is 7. The minimum Gasteiger partial charge on any atom is -0.369 e. The number of quaternary nitrogens is 1. The number of carbonyl (C=O) groups excluding carboxylic acids is 2. The first-order valence-corrected chi connectivity index (χ1v) is 10.6. The number of hydrogen-bond donors (Lipinski definition) is 3. The van der Waals surface area contributed by atoms with Gasteiger partial charge in [-0.1, -0.05) is 18.2 Å². The summed E-state index contributed by atoms with van der Waals surface area (Å²) in [6, 6.07) is 7.92. The summed E-state index contributed by atoms with van der Waals surface area (Å²) in [5, 5.41) is 6.23. The molecule has 4 rings (SSSR count). The van der Waals surface area contributed by atoms with Crippen LogP contribution in [0.25, 0.3) is 10.9 Å². The second-order valence-electron chi connectivity index (χ2n) is 7.51. The van der Waals surface area contributed by atoms with Crippen molar-refractivity contribution in [1.82, 2.24) is 9.97 Å². The second kappa shape index (κ2) is 8.24. The molecule has 1 saturated heterocycles. The molecule has 2 atom stereocenters. The molecule has 0 aliphatic carbocycles. The molecule has 2 aromatic heterocycles. The van der Waals surface area contributed by atoms with Crippen molar-refractivity contribution >= 4 is 33.9 Å². The zero-order valence-electron chi connectivity index (χ0n) is 15.7. The summed E-state index contributed by atoms with van der Waals surface area (Å²) in [5.41, 5.74) is 8.11. The molecule has 0 bridgehead atoms. The number of H-pyrrole nitrogens is 1. The van der Waals surface area contributed by atoms with Crippen LogP contribution in [0.5, 0.6) is 0 Å². The number of nitrogens with zero attached hydrogens (tertiary/aromatic N) is 1. The van der Waals surface area contributed by atoms with Gasteiger partial charge in [0.15, 0.2) is 5.78 Å². The van der Waals surface area contributed by atoms with Crippen molar-refractivity contribution in [3.05, 3.63) is 52.1 Å². The summed E-state index contributed by atoms with van der Waals surface area (Å²) >= 11 is 1.55. The van der Waals surface area contributed by atoms with Crippen LogP contribution in [0.1, 0.15) is 46.2 Å². The van der Waals surface area contributed by atoms with Gasteiger partial charge in [0.05, 0.1) is 19.0 Å². The zero-order valence-corrected chi connectivity index (χ0v) is 16.5. The van der Waals surface area contributed by atoms with E-state index in [0.717, 1.165) is 34.4 Å². The van der Waals surface area contributed by atoms with E-state index in [2.05, 4.69) is 15.3 Å². The fourth-order valence-corrected chi connectivity index (χ4v) is 4.91. The summed E-state index contributed by atoms with van der Waals surface area (Å²) in [5.74, 6) is -0.666. The number of aromatic nitrogens is 2. The van der Waals surface area contributed by atoms with Gasteiger partial charge in [0.1, 0.15) is 10.7 Å². The monoisotopic (exact) mass is 397 g/mol. The highest BCUT2D eigenvalue weighted by molar-refractivity contribution is 7.09. The average molecular weight is 398 g/mol. The van der Waals surface area contributed by atoms with Gasteiger partial charge in [0, 0.05) is 34.8 Å². The van der Waals surface area contributed by atoms with Crippen LogP contribution in [0, 0.1) is 5.92 Å². The molecule has 5 N–H and O–H groups in total. The standard InChI is InChI=1S/C21H24N4O2S/c22-20(27)14(8-15-11-24-17-6-2-1-5-16(15)17)9-19(26)18-12-28-21(25-18)13-4-3-7-23-10-13/h1-2,5-6,11-14,23-24H,3-4,7-10H2,(H2,22,27)/p+1. The van der Waals surface area contributed by atoms with Crippen molar-refractivity contribution in [2.45, 2.75) is 31.6 Å². The summed E-state index contributed by atoms with van der Waals surface area (Å²) < 4.78 is 0. The molecule has 2 unspecified atom stereocenters. The highest BCUT2D eigenvalue weighted by Crippen LogP contribution is 2.27. The van der Waals surface area contributed by atoms with Crippen LogP contribution in [-0.2, 0) is 11.2 Å². The van der Waals surface area contributed by atoms with E-state index in [1.807, 2.05) is 35.8 Å². The first-order valence-electron chi connectivity index (χ1n) is 9.76. The largest absolute Gasteiger partial charge is 0.369 e. The first kappa shape index (κ1) is 18.8. The minimum atomic E-state index is -0.542. The number of ketones is 1. The number of aromatic amines is 1. The maximum absolute atomic E-state index is 12.8. The molecule has 3 heterocycles. The van der Waals surface area contributed by atoms with Crippen molar-refractivity contribution in [1.29, 1.82) is 0 Å². The van der Waals surface area contributed by atoms with Crippen molar-refractivity contribution in [3.8, 4) is 0 Å². The lowest BCUT2D eigenvalue weighted by Gasteiger charge is -2.17. The third-order valence-corrected chi connectivity index (χ3v) is 6.55. The van der Waals surface area contributed by atoms with E-state index in [0.29, 0.717) is 18.0 Å². The molecule has 7 heteroatoms. The first-order chi connectivity index (χ1) is 13.6. The molecule has 1 aliphatic heterocycles. The number of para-hydroxylation sites is 1. The summed E-state index contributed by atoms with van der Waals surface area (Å²) in [7, 11) is 0. The van der Waals surface area contributed by atoms with Gasteiger partial charge in [0.25, 0.3) is 0 Å². The molecule has 1 aromatic carbocycles. The highest BCUT2D eigenvalue weighted by atomic mass is 32.1. The van der Waals surface area contributed by atoms with E-state index in [4.69, 9.17) is 5.73 Å². The second-order valence-corrected chi connectivity index (χ2v) is 8.40. The van der Waals surface area contributed by atoms with Gasteiger partial charge in [-0.2, -0.15) is 0 Å². The lowest BCUT2D eigenvalue weighted by molar-refractivity contribution is -0.664. The lowest BCUT2D eigenvalue weighted by atomic mass is 9.93. The highest BCUT2D eigenvalue weighted by Gasteiger charge is 2.26. The maximum atomic E-state index is 12.8. The van der Waals surface area contributed by atoms with Gasteiger partial charge in [-0.05, 0) is 30.9 Å². The van der Waals surface area contributed by atoms with Gasteiger partial charge >= 0.3 is 0 Å². The van der Waals surface area contributed by atoms with Crippen LogP contribution in [0.3, 0.4) is 0 Å². The van der Waals surface area contributed by atoms with Crippen LogP contribution in [0.2, 0.25) is 0 Å². The predicted octanol–water partition coefficient (Wildman–Crippen LogP) is 1.98. The molecule has 1 amide bonds. The molecule has 1 aliphatic rings. The van der Waals surface area contributed by atoms with E-state index in [9.17, 15) is 9.59 Å². The molecule has 0 saturated carbocycles. The lowest BCUT2D eigenvalue weighted by Crippen LogP contribution is -2.86. The van der Waals surface area contributed by atoms with E-state index in [1.165, 1.54) is 13.0 Å². The SMILES string of the molecule is NC(=O)C(CC(=O)c1csc(C2CCC[NH2+]C2)n1)Cc1c[nH]c2ccccc12. The normalized spacial score (nSPS) is 18.2. The number of hydrogen-bond acceptors (Lipinski definition) is 4. The Hall–Kier alpha value is -2.51. The van der Waals surface area contributed by atoms with Gasteiger partial charge < -0.3 is 16.0 Å². The maximum Gasteiger partial charge on any atom is 0.221 e. The molecule has 1 fully saturated rings. The number of nitrogens with two attached hydrogens (primary N) is 2. The number of fused-ring (bicyclic) bond motifs is 1. The molecular formula is C21H25N4O2S+. The van der Waals surface area contributed by atoms with E-state index >= 15 is 0 Å². The van der Waals surface area contributed by atoms with Crippen LogP contribution in [-0.4, -0.2) is 34.7 Å². The van der Waals surface area contributed by atoms with Crippen molar-refractivity contribution in [2.24, 2.45) is 11.7 Å². The van der Waals surface area contributed by atoms with Gasteiger partial charge in [0.2, 0.25) is 5.91 Å². The predicted molar refractivity (Wildman–Crippen MR) is 109 cm³/mol. The third-order valence-electron chi connectivity index (χ3n) is 5.54. The van der Waals surface area contributed by atoms with Gasteiger partial charge in [-0.15, -0.1) is 11.3 Å². The fraction of sp³-hybridized carbons (Fsp3) is 0.381. The Balaban J connectivity index is 1.46. The Morgan fingerprint density at radius 1 is 1.36 bits per heavy atom. The number of primary amides is 1. The number of Topliss-reactive ketones (excluding diaryl/α,β-unsaturated/α-hetero) is 1. The Labute approximate surface area is 167 Å². The Bertz CT molecular complexity index is 987. The number of piperidine rings is 1. The number of thiazole rings is 1. The van der Waals surface area contributed by atoms with E-state index < -0.39 is 11.8 Å². The molecule has 28 heavy (non-hydrogen) atoms. The Morgan fingerprint density at radius 3 is 3.00 bits per heavy atom. The summed E-state index contributed by atoms with van der Waals surface area (Å²) in [6.45, 7) is 2.20. The average Bonchev–Trinajstić information content (AvgIpc) is 3.36. The number of nitrogens with one attached hydrogen (secondary N) is 1. The summed E-state index contributed by atoms with van der Waals surface area (Å²) in [4.78, 5) is 32.6. The van der Waals surface area contributed by atoms with Gasteiger partial charge in [-0.3, -0.25) is 9.59 Å². The van der Waals surface area contributed by atoms with Crippen LogP contribution in [0.4, 0.5) is 0 Å². The topological polar surface area (TPSA) is 105 Å². The van der Waals surface area contributed by atoms with Crippen molar-refractivity contribution < 1.29 is 14.9 Å². The molecule has 0 radical (unpaired) electrons. The van der Waals surface area contributed by atoms with E-state index in [-0.39, 0.29) is 12.2 Å². The fourth-order valence-electron chi connectivity index (χ4n) is 3.94. The van der Waals surface area contributed by atoms with Crippen molar-refractivity contribution in [2.75, 3.05) is 13.1 Å². The molecule has 6 nitrogen and oxygen atoms in total. The molecule has 0 spiro atoms.